The molecule has 3 aromatic carbocycles. The lowest BCUT2D eigenvalue weighted by atomic mass is 10.1. The molecule has 0 aliphatic carbocycles. The van der Waals surface area contributed by atoms with Gasteiger partial charge in [0.2, 0.25) is 10.0 Å². The molecule has 0 fully saturated rings. The zero-order valence-corrected chi connectivity index (χ0v) is 19.5. The maximum absolute atomic E-state index is 12.6. The molecule has 0 spiro atoms. The molecule has 1 aliphatic heterocycles. The van der Waals surface area contributed by atoms with Crippen LogP contribution in [0.1, 0.15) is 15.9 Å². The lowest BCUT2D eigenvalue weighted by Crippen LogP contribution is -2.40. The maximum atomic E-state index is 12.6. The molecule has 0 bridgehead atoms. The highest BCUT2D eigenvalue weighted by Crippen LogP contribution is 2.30. The summed E-state index contributed by atoms with van der Waals surface area (Å²) in [7, 11) is -3.54. The van der Waals surface area contributed by atoms with Crippen LogP contribution in [0, 0.1) is 0 Å². The van der Waals surface area contributed by atoms with Crippen LogP contribution in [-0.2, 0) is 16.6 Å². The standard InChI is InChI=1S/C24H23ClN2O5S/c1-33(29,30)27(15-17-6-10-19(25)11-7-17)20-12-8-18(9-13-20)24(28)26-14-21-16-31-22-4-2-3-5-23(22)32-21/h2-13,21H,14-16H2,1H3,(H,26,28)/t21-/m0/s1. The third-order valence-electron chi connectivity index (χ3n) is 5.12. The Hall–Kier alpha value is -3.23. The number of nitrogens with zero attached hydrogens (tertiary/aromatic N) is 1. The Balaban J connectivity index is 1.40. The molecular weight excluding hydrogens is 464 g/mol. The van der Waals surface area contributed by atoms with Crippen LogP contribution >= 0.6 is 11.6 Å². The number of carbonyl (C=O) groups is 1. The number of ether oxygens (including phenoxy) is 2. The molecule has 1 amide bonds. The molecule has 0 saturated heterocycles. The normalized spacial score (nSPS) is 15.0. The minimum atomic E-state index is -3.54. The number of rotatable bonds is 7. The van der Waals surface area contributed by atoms with Crippen molar-refractivity contribution in [3.05, 3.63) is 88.9 Å². The van der Waals surface area contributed by atoms with Crippen LogP contribution in [0.25, 0.3) is 0 Å². The van der Waals surface area contributed by atoms with E-state index < -0.39 is 10.0 Å². The van der Waals surface area contributed by atoms with Gasteiger partial charge in [-0.25, -0.2) is 8.42 Å². The highest BCUT2D eigenvalue weighted by atomic mass is 35.5. The van der Waals surface area contributed by atoms with Gasteiger partial charge in [0, 0.05) is 10.6 Å². The fourth-order valence-corrected chi connectivity index (χ4v) is 4.42. The molecule has 7 nitrogen and oxygen atoms in total. The molecule has 33 heavy (non-hydrogen) atoms. The summed E-state index contributed by atoms with van der Waals surface area (Å²) in [5.74, 6) is 1.05. The monoisotopic (exact) mass is 486 g/mol. The van der Waals surface area contributed by atoms with Gasteiger partial charge in [-0.3, -0.25) is 9.10 Å². The number of sulfonamides is 1. The average Bonchev–Trinajstić information content (AvgIpc) is 2.81. The van der Waals surface area contributed by atoms with Crippen molar-refractivity contribution >= 4 is 33.2 Å². The summed E-state index contributed by atoms with van der Waals surface area (Å²) in [6.45, 7) is 0.771. The first-order valence-corrected chi connectivity index (χ1v) is 12.5. The molecule has 9 heteroatoms. The SMILES string of the molecule is CS(=O)(=O)N(Cc1ccc(Cl)cc1)c1ccc(C(=O)NC[C@H]2COc3ccccc3O2)cc1. The number of benzene rings is 3. The highest BCUT2D eigenvalue weighted by Gasteiger charge is 2.22. The van der Waals surface area contributed by atoms with Crippen LogP contribution in [0.4, 0.5) is 5.69 Å². The summed E-state index contributed by atoms with van der Waals surface area (Å²) < 4.78 is 37.6. The fourth-order valence-electron chi connectivity index (χ4n) is 3.41. The second-order valence-corrected chi connectivity index (χ2v) is 9.99. The van der Waals surface area contributed by atoms with E-state index in [9.17, 15) is 13.2 Å². The van der Waals surface area contributed by atoms with E-state index in [1.165, 1.54) is 4.31 Å². The van der Waals surface area contributed by atoms with E-state index in [2.05, 4.69) is 5.32 Å². The molecule has 0 saturated carbocycles. The number of hydrogen-bond acceptors (Lipinski definition) is 5. The van der Waals surface area contributed by atoms with E-state index in [0.29, 0.717) is 34.4 Å². The van der Waals surface area contributed by atoms with Crippen LogP contribution < -0.4 is 19.1 Å². The Labute approximate surface area is 197 Å². The highest BCUT2D eigenvalue weighted by molar-refractivity contribution is 7.92. The number of hydrogen-bond donors (Lipinski definition) is 1. The molecule has 0 unspecified atom stereocenters. The van der Waals surface area contributed by atoms with Crippen molar-refractivity contribution in [1.29, 1.82) is 0 Å². The van der Waals surface area contributed by atoms with E-state index >= 15 is 0 Å². The van der Waals surface area contributed by atoms with Crippen molar-refractivity contribution in [3.8, 4) is 11.5 Å². The molecule has 4 rings (SSSR count). The van der Waals surface area contributed by atoms with Crippen molar-refractivity contribution in [2.45, 2.75) is 12.6 Å². The average molecular weight is 487 g/mol. The predicted molar refractivity (Wildman–Crippen MR) is 128 cm³/mol. The van der Waals surface area contributed by atoms with Gasteiger partial charge in [0.05, 0.1) is 25.0 Å². The quantitative estimate of drug-likeness (QED) is 0.548. The van der Waals surface area contributed by atoms with Gasteiger partial charge < -0.3 is 14.8 Å². The summed E-state index contributed by atoms with van der Waals surface area (Å²) in [6.07, 6.45) is 0.844. The molecule has 172 valence electrons. The van der Waals surface area contributed by atoms with E-state index in [4.69, 9.17) is 21.1 Å². The molecular formula is C24H23ClN2O5S. The number of fused-ring (bicyclic) bond motifs is 1. The van der Waals surface area contributed by atoms with Gasteiger partial charge in [0.25, 0.3) is 5.91 Å². The predicted octanol–water partition coefficient (Wildman–Crippen LogP) is 3.88. The first-order valence-electron chi connectivity index (χ1n) is 10.3. The van der Waals surface area contributed by atoms with E-state index in [-0.39, 0.29) is 25.1 Å². The third kappa shape index (κ3) is 5.77. The van der Waals surface area contributed by atoms with Crippen molar-refractivity contribution in [3.63, 3.8) is 0 Å². The van der Waals surface area contributed by atoms with Gasteiger partial charge in [-0.2, -0.15) is 0 Å². The first-order chi connectivity index (χ1) is 15.8. The van der Waals surface area contributed by atoms with Crippen LogP contribution in [0.3, 0.4) is 0 Å². The summed E-state index contributed by atoms with van der Waals surface area (Å²) in [5.41, 5.74) is 1.67. The lowest BCUT2D eigenvalue weighted by molar-refractivity contribution is 0.0789. The van der Waals surface area contributed by atoms with E-state index in [0.717, 1.165) is 11.8 Å². The van der Waals surface area contributed by atoms with Crippen LogP contribution in [0.15, 0.2) is 72.8 Å². The number of carbonyl (C=O) groups excluding carboxylic acids is 1. The minimum Gasteiger partial charge on any atom is -0.486 e. The molecule has 0 aromatic heterocycles. The van der Waals surface area contributed by atoms with Gasteiger partial charge in [-0.1, -0.05) is 35.9 Å². The van der Waals surface area contributed by atoms with Gasteiger partial charge in [0.1, 0.15) is 12.7 Å². The van der Waals surface area contributed by atoms with Gasteiger partial charge in [-0.05, 0) is 54.1 Å². The molecule has 1 N–H and O–H groups in total. The first kappa shape index (κ1) is 22.9. The summed E-state index contributed by atoms with van der Waals surface area (Å²) >= 11 is 5.92. The van der Waals surface area contributed by atoms with Crippen molar-refractivity contribution in [1.82, 2.24) is 5.32 Å². The fraction of sp³-hybridized carbons (Fsp3) is 0.208. The van der Waals surface area contributed by atoms with Crippen molar-refractivity contribution in [2.75, 3.05) is 23.7 Å². The number of para-hydroxylation sites is 2. The Morgan fingerprint density at radius 3 is 2.36 bits per heavy atom. The van der Waals surface area contributed by atoms with Gasteiger partial charge >= 0.3 is 0 Å². The second-order valence-electron chi connectivity index (χ2n) is 7.65. The van der Waals surface area contributed by atoms with Crippen LogP contribution in [-0.4, -0.2) is 39.8 Å². The number of anilines is 1. The third-order valence-corrected chi connectivity index (χ3v) is 6.51. The maximum Gasteiger partial charge on any atom is 0.251 e. The summed E-state index contributed by atoms with van der Waals surface area (Å²) in [6, 6.07) is 20.8. The topological polar surface area (TPSA) is 84.9 Å². The largest absolute Gasteiger partial charge is 0.486 e. The van der Waals surface area contributed by atoms with Crippen LogP contribution in [0.2, 0.25) is 5.02 Å². The van der Waals surface area contributed by atoms with E-state index in [1.807, 2.05) is 24.3 Å². The smallest absolute Gasteiger partial charge is 0.251 e. The van der Waals surface area contributed by atoms with Gasteiger partial charge in [0.15, 0.2) is 11.5 Å². The summed E-state index contributed by atoms with van der Waals surface area (Å²) in [4.78, 5) is 12.6. The molecule has 3 aromatic rings. The minimum absolute atomic E-state index is 0.155. The number of halogens is 1. The number of nitrogens with one attached hydrogen (secondary N) is 1. The van der Waals surface area contributed by atoms with E-state index in [1.54, 1.807) is 48.5 Å². The van der Waals surface area contributed by atoms with Gasteiger partial charge in [-0.15, -0.1) is 0 Å². The molecule has 1 aliphatic rings. The zero-order valence-electron chi connectivity index (χ0n) is 17.9. The molecule has 1 heterocycles. The molecule has 1 atom stereocenters. The Bertz CT molecular complexity index is 1230. The Kier molecular flexibility index (Phi) is 6.76. The second kappa shape index (κ2) is 9.72. The zero-order chi connectivity index (χ0) is 23.4. The summed E-state index contributed by atoms with van der Waals surface area (Å²) in [5, 5.41) is 3.41. The van der Waals surface area contributed by atoms with Crippen molar-refractivity contribution in [2.24, 2.45) is 0 Å². The number of amides is 1. The molecule has 0 radical (unpaired) electrons. The Morgan fingerprint density at radius 2 is 1.70 bits per heavy atom. The van der Waals surface area contributed by atoms with Crippen molar-refractivity contribution < 1.29 is 22.7 Å². The Morgan fingerprint density at radius 1 is 1.03 bits per heavy atom. The lowest BCUT2D eigenvalue weighted by Gasteiger charge is -2.26. The van der Waals surface area contributed by atoms with Crippen LogP contribution in [0.5, 0.6) is 11.5 Å².